The molecule has 2 nitrogen and oxygen atoms in total. The molecule has 0 saturated carbocycles. The number of methoxy groups -OCH3 is 1. The first-order valence-corrected chi connectivity index (χ1v) is 4.88. The first-order chi connectivity index (χ1) is 6.81. The summed E-state index contributed by atoms with van der Waals surface area (Å²) in [6, 6.07) is 8.70. The van der Waals surface area contributed by atoms with E-state index in [-0.39, 0.29) is 0 Å². The van der Waals surface area contributed by atoms with E-state index in [1.807, 2.05) is 12.1 Å². The second-order valence-corrected chi connectivity index (χ2v) is 3.52. The van der Waals surface area contributed by atoms with E-state index in [1.165, 1.54) is 5.69 Å². The van der Waals surface area contributed by atoms with Crippen molar-refractivity contribution in [3.8, 4) is 5.75 Å². The lowest BCUT2D eigenvalue weighted by molar-refractivity contribution is 0.415. The van der Waals surface area contributed by atoms with Crippen LogP contribution in [0.25, 0.3) is 0 Å². The van der Waals surface area contributed by atoms with Crippen LogP contribution in [-0.4, -0.2) is 19.7 Å². The van der Waals surface area contributed by atoms with Gasteiger partial charge in [-0.1, -0.05) is 12.2 Å². The maximum Gasteiger partial charge on any atom is 0.119 e. The zero-order valence-corrected chi connectivity index (χ0v) is 8.60. The van der Waals surface area contributed by atoms with E-state index < -0.39 is 0 Å². The molecule has 0 fully saturated rings. The van der Waals surface area contributed by atoms with Gasteiger partial charge in [0.2, 0.25) is 0 Å². The highest BCUT2D eigenvalue weighted by Crippen LogP contribution is 2.23. The number of ether oxygens (including phenoxy) is 1. The molecule has 74 valence electrons. The molecule has 0 aliphatic carbocycles. The predicted molar refractivity (Wildman–Crippen MR) is 58.9 cm³/mol. The lowest BCUT2D eigenvalue weighted by atomic mass is 10.2. The lowest BCUT2D eigenvalue weighted by Crippen LogP contribution is -2.26. The molecule has 2 heteroatoms. The average molecular weight is 189 g/mol. The summed E-state index contributed by atoms with van der Waals surface area (Å²) in [5.41, 5.74) is 1.25. The summed E-state index contributed by atoms with van der Waals surface area (Å²) in [7, 11) is 1.69. The van der Waals surface area contributed by atoms with E-state index in [4.69, 9.17) is 4.74 Å². The van der Waals surface area contributed by atoms with Crippen molar-refractivity contribution in [3.05, 3.63) is 36.4 Å². The van der Waals surface area contributed by atoms with Crippen LogP contribution in [0.1, 0.15) is 6.92 Å². The molecule has 1 aromatic rings. The Bertz CT molecular complexity index is 329. The fourth-order valence-electron chi connectivity index (χ4n) is 1.76. The number of hydrogen-bond donors (Lipinski definition) is 0. The minimum absolute atomic E-state index is 0.503. The Labute approximate surface area is 84.8 Å². The van der Waals surface area contributed by atoms with Gasteiger partial charge >= 0.3 is 0 Å². The molecule has 2 rings (SSSR count). The number of benzene rings is 1. The predicted octanol–water partition coefficient (Wildman–Crippen LogP) is 2.46. The summed E-state index contributed by atoms with van der Waals surface area (Å²) in [4.78, 5) is 2.35. The summed E-state index contributed by atoms with van der Waals surface area (Å²) in [5.74, 6) is 0.911. The molecule has 1 aromatic carbocycles. The molecule has 1 unspecified atom stereocenters. The van der Waals surface area contributed by atoms with Crippen LogP contribution in [0.2, 0.25) is 0 Å². The van der Waals surface area contributed by atoms with E-state index >= 15 is 0 Å². The van der Waals surface area contributed by atoms with Gasteiger partial charge in [0.25, 0.3) is 0 Å². The minimum atomic E-state index is 0.503. The van der Waals surface area contributed by atoms with Crippen LogP contribution in [0.3, 0.4) is 0 Å². The fraction of sp³-hybridized carbons (Fsp3) is 0.333. The number of rotatable bonds is 2. The number of nitrogens with zero attached hydrogens (tertiary/aromatic N) is 1. The van der Waals surface area contributed by atoms with Crippen LogP contribution in [0, 0.1) is 0 Å². The Morgan fingerprint density at radius 2 is 2.00 bits per heavy atom. The molecule has 0 N–H and O–H groups in total. The van der Waals surface area contributed by atoms with E-state index in [0.29, 0.717) is 6.04 Å². The Hall–Kier alpha value is -1.44. The van der Waals surface area contributed by atoms with Crippen LogP contribution < -0.4 is 9.64 Å². The molecule has 1 atom stereocenters. The molecule has 0 bridgehead atoms. The van der Waals surface area contributed by atoms with Gasteiger partial charge in [0.1, 0.15) is 5.75 Å². The van der Waals surface area contributed by atoms with Gasteiger partial charge in [-0.15, -0.1) is 0 Å². The van der Waals surface area contributed by atoms with E-state index in [0.717, 1.165) is 12.3 Å². The van der Waals surface area contributed by atoms with Crippen molar-refractivity contribution in [1.82, 2.24) is 0 Å². The largest absolute Gasteiger partial charge is 0.497 e. The van der Waals surface area contributed by atoms with Crippen LogP contribution in [-0.2, 0) is 0 Å². The second-order valence-electron chi connectivity index (χ2n) is 3.52. The van der Waals surface area contributed by atoms with E-state index in [9.17, 15) is 0 Å². The highest BCUT2D eigenvalue weighted by atomic mass is 16.5. The summed E-state index contributed by atoms with van der Waals surface area (Å²) in [6.07, 6.45) is 4.43. The van der Waals surface area contributed by atoms with Crippen LogP contribution in [0.4, 0.5) is 5.69 Å². The van der Waals surface area contributed by atoms with Gasteiger partial charge in [0, 0.05) is 18.3 Å². The molecule has 0 radical (unpaired) electrons. The third kappa shape index (κ3) is 1.60. The van der Waals surface area contributed by atoms with Crippen LogP contribution >= 0.6 is 0 Å². The highest BCUT2D eigenvalue weighted by molar-refractivity contribution is 5.52. The number of hydrogen-bond acceptors (Lipinski definition) is 2. The summed E-state index contributed by atoms with van der Waals surface area (Å²) >= 11 is 0. The van der Waals surface area contributed by atoms with Gasteiger partial charge in [-0.2, -0.15) is 0 Å². The first kappa shape index (κ1) is 9.13. The lowest BCUT2D eigenvalue weighted by Gasteiger charge is -2.23. The molecular weight excluding hydrogens is 174 g/mol. The maximum atomic E-state index is 5.12. The van der Waals surface area contributed by atoms with Crippen molar-refractivity contribution >= 4 is 5.69 Å². The fourth-order valence-corrected chi connectivity index (χ4v) is 1.76. The van der Waals surface area contributed by atoms with Crippen molar-refractivity contribution in [2.75, 3.05) is 18.6 Å². The molecule has 1 heterocycles. The Morgan fingerprint density at radius 1 is 1.29 bits per heavy atom. The first-order valence-electron chi connectivity index (χ1n) is 4.88. The molecule has 1 aliphatic rings. The van der Waals surface area contributed by atoms with Crippen molar-refractivity contribution in [2.45, 2.75) is 13.0 Å². The van der Waals surface area contributed by atoms with Crippen molar-refractivity contribution < 1.29 is 4.74 Å². The monoisotopic (exact) mass is 189 g/mol. The van der Waals surface area contributed by atoms with Crippen molar-refractivity contribution in [1.29, 1.82) is 0 Å². The molecule has 1 aliphatic heterocycles. The standard InChI is InChI=1S/C12H15NO/c1-10-4-3-9-13(10)11-5-7-12(14-2)8-6-11/h3-8,10H,9H2,1-2H3. The van der Waals surface area contributed by atoms with Gasteiger partial charge < -0.3 is 9.64 Å². The summed E-state index contributed by atoms with van der Waals surface area (Å²) < 4.78 is 5.12. The SMILES string of the molecule is COc1ccc(N2CC=CC2C)cc1. The summed E-state index contributed by atoms with van der Waals surface area (Å²) in [6.45, 7) is 3.21. The molecular formula is C12H15NO. The second kappa shape index (κ2) is 3.74. The third-order valence-electron chi connectivity index (χ3n) is 2.61. The van der Waals surface area contributed by atoms with Crippen LogP contribution in [0.5, 0.6) is 5.75 Å². The molecule has 0 amide bonds. The quantitative estimate of drug-likeness (QED) is 0.663. The zero-order valence-electron chi connectivity index (χ0n) is 8.60. The third-order valence-corrected chi connectivity index (χ3v) is 2.61. The molecule has 0 saturated heterocycles. The van der Waals surface area contributed by atoms with E-state index in [2.05, 4.69) is 36.1 Å². The topological polar surface area (TPSA) is 12.5 Å². The van der Waals surface area contributed by atoms with E-state index in [1.54, 1.807) is 7.11 Å². The Morgan fingerprint density at radius 3 is 2.50 bits per heavy atom. The number of anilines is 1. The van der Waals surface area contributed by atoms with Crippen molar-refractivity contribution in [2.24, 2.45) is 0 Å². The van der Waals surface area contributed by atoms with Crippen molar-refractivity contribution in [3.63, 3.8) is 0 Å². The Kier molecular flexibility index (Phi) is 2.44. The van der Waals surface area contributed by atoms with Gasteiger partial charge in [0.15, 0.2) is 0 Å². The summed E-state index contributed by atoms with van der Waals surface area (Å²) in [5, 5.41) is 0. The highest BCUT2D eigenvalue weighted by Gasteiger charge is 2.14. The minimum Gasteiger partial charge on any atom is -0.497 e. The molecule has 0 aromatic heterocycles. The molecule has 0 spiro atoms. The average Bonchev–Trinajstić information content (AvgIpc) is 2.65. The smallest absolute Gasteiger partial charge is 0.119 e. The zero-order chi connectivity index (χ0) is 9.97. The normalized spacial score (nSPS) is 20.1. The Balaban J connectivity index is 2.17. The van der Waals surface area contributed by atoms with Gasteiger partial charge in [-0.25, -0.2) is 0 Å². The van der Waals surface area contributed by atoms with Gasteiger partial charge in [-0.05, 0) is 31.2 Å². The van der Waals surface area contributed by atoms with Gasteiger partial charge in [0.05, 0.1) is 7.11 Å². The maximum absolute atomic E-state index is 5.12. The van der Waals surface area contributed by atoms with Gasteiger partial charge in [-0.3, -0.25) is 0 Å². The molecule has 14 heavy (non-hydrogen) atoms. The van der Waals surface area contributed by atoms with Crippen LogP contribution in [0.15, 0.2) is 36.4 Å².